The Morgan fingerprint density at radius 2 is 1.90 bits per heavy atom. The maximum absolute atomic E-state index is 12.2. The van der Waals surface area contributed by atoms with Crippen molar-refractivity contribution in [2.75, 3.05) is 26.2 Å². The zero-order chi connectivity index (χ0) is 15.4. The summed E-state index contributed by atoms with van der Waals surface area (Å²) in [5, 5.41) is 4.09. The SMILES string of the molecule is Cc1cc(Cl)c(C(C)CCC(=O)N2CCNCC2)cc1C. The van der Waals surface area contributed by atoms with E-state index in [1.54, 1.807) is 0 Å². The molecule has 116 valence electrons. The lowest BCUT2D eigenvalue weighted by molar-refractivity contribution is -0.131. The molecule has 1 atom stereocenters. The Kier molecular flexibility index (Phi) is 5.65. The fraction of sp³-hybridized carbons (Fsp3) is 0.588. The molecular weight excluding hydrogens is 284 g/mol. The van der Waals surface area contributed by atoms with Crippen molar-refractivity contribution >= 4 is 17.5 Å². The van der Waals surface area contributed by atoms with Crippen molar-refractivity contribution in [1.29, 1.82) is 0 Å². The highest BCUT2D eigenvalue weighted by atomic mass is 35.5. The van der Waals surface area contributed by atoms with Crippen LogP contribution in [0.1, 0.15) is 42.4 Å². The van der Waals surface area contributed by atoms with Crippen LogP contribution in [-0.4, -0.2) is 37.0 Å². The van der Waals surface area contributed by atoms with Crippen molar-refractivity contribution in [3.05, 3.63) is 33.8 Å². The summed E-state index contributed by atoms with van der Waals surface area (Å²) < 4.78 is 0. The fourth-order valence-corrected chi connectivity index (χ4v) is 3.15. The van der Waals surface area contributed by atoms with Gasteiger partial charge in [0.05, 0.1) is 0 Å². The van der Waals surface area contributed by atoms with Crippen LogP contribution in [0.15, 0.2) is 12.1 Å². The minimum Gasteiger partial charge on any atom is -0.340 e. The van der Waals surface area contributed by atoms with Crippen LogP contribution in [0.2, 0.25) is 5.02 Å². The zero-order valence-corrected chi connectivity index (χ0v) is 14.0. The quantitative estimate of drug-likeness (QED) is 0.926. The average Bonchev–Trinajstić information content (AvgIpc) is 2.49. The molecule has 1 aliphatic rings. The summed E-state index contributed by atoms with van der Waals surface area (Å²) in [6.45, 7) is 9.81. The molecule has 2 rings (SSSR count). The van der Waals surface area contributed by atoms with E-state index in [0.29, 0.717) is 12.3 Å². The second-order valence-electron chi connectivity index (χ2n) is 6.03. The molecule has 1 amide bonds. The average molecular weight is 309 g/mol. The van der Waals surface area contributed by atoms with Crippen molar-refractivity contribution in [1.82, 2.24) is 10.2 Å². The first-order chi connectivity index (χ1) is 9.99. The summed E-state index contributed by atoms with van der Waals surface area (Å²) in [7, 11) is 0. The monoisotopic (exact) mass is 308 g/mol. The predicted molar refractivity (Wildman–Crippen MR) is 88.0 cm³/mol. The first-order valence-electron chi connectivity index (χ1n) is 7.74. The number of piperazine rings is 1. The van der Waals surface area contributed by atoms with E-state index in [2.05, 4.69) is 32.2 Å². The molecule has 1 aliphatic heterocycles. The number of halogens is 1. The predicted octanol–water partition coefficient (Wildman–Crippen LogP) is 3.27. The first-order valence-corrected chi connectivity index (χ1v) is 8.12. The molecule has 0 aromatic heterocycles. The molecular formula is C17H25ClN2O. The van der Waals surface area contributed by atoms with Crippen molar-refractivity contribution in [3.63, 3.8) is 0 Å². The van der Waals surface area contributed by atoms with Crippen LogP contribution in [0, 0.1) is 13.8 Å². The molecule has 1 fully saturated rings. The molecule has 1 aromatic carbocycles. The van der Waals surface area contributed by atoms with E-state index in [1.165, 1.54) is 11.1 Å². The Bertz CT molecular complexity index is 510. The number of hydrogen-bond acceptors (Lipinski definition) is 2. The highest BCUT2D eigenvalue weighted by Gasteiger charge is 2.18. The lowest BCUT2D eigenvalue weighted by Crippen LogP contribution is -2.46. The van der Waals surface area contributed by atoms with Gasteiger partial charge in [0.1, 0.15) is 0 Å². The topological polar surface area (TPSA) is 32.3 Å². The molecule has 21 heavy (non-hydrogen) atoms. The highest BCUT2D eigenvalue weighted by molar-refractivity contribution is 6.31. The Labute approximate surface area is 132 Å². The number of hydrogen-bond donors (Lipinski definition) is 1. The Morgan fingerprint density at radius 1 is 1.29 bits per heavy atom. The Morgan fingerprint density at radius 3 is 2.57 bits per heavy atom. The molecule has 4 heteroatoms. The van der Waals surface area contributed by atoms with E-state index in [9.17, 15) is 4.79 Å². The fourth-order valence-electron chi connectivity index (χ4n) is 2.75. The third-order valence-corrected chi connectivity index (χ3v) is 4.73. The van der Waals surface area contributed by atoms with Crippen LogP contribution in [-0.2, 0) is 4.79 Å². The van der Waals surface area contributed by atoms with Crippen LogP contribution in [0.4, 0.5) is 0 Å². The van der Waals surface area contributed by atoms with Gasteiger partial charge in [-0.25, -0.2) is 0 Å². The number of aryl methyl sites for hydroxylation is 2. The van der Waals surface area contributed by atoms with Crippen LogP contribution in [0.5, 0.6) is 0 Å². The van der Waals surface area contributed by atoms with Gasteiger partial charge < -0.3 is 10.2 Å². The normalized spacial score (nSPS) is 16.9. The van der Waals surface area contributed by atoms with E-state index < -0.39 is 0 Å². The Hall–Kier alpha value is -1.06. The van der Waals surface area contributed by atoms with E-state index in [4.69, 9.17) is 11.6 Å². The number of carbonyl (C=O) groups excluding carboxylic acids is 1. The summed E-state index contributed by atoms with van der Waals surface area (Å²) in [4.78, 5) is 14.2. The number of rotatable bonds is 4. The minimum absolute atomic E-state index is 0.267. The number of amides is 1. The van der Waals surface area contributed by atoms with Gasteiger partial charge in [0, 0.05) is 37.6 Å². The van der Waals surface area contributed by atoms with Crippen LogP contribution in [0.25, 0.3) is 0 Å². The van der Waals surface area contributed by atoms with Crippen LogP contribution in [0.3, 0.4) is 0 Å². The second-order valence-corrected chi connectivity index (χ2v) is 6.44. The summed E-state index contributed by atoms with van der Waals surface area (Å²) in [5.41, 5.74) is 3.63. The van der Waals surface area contributed by atoms with E-state index >= 15 is 0 Å². The van der Waals surface area contributed by atoms with Crippen molar-refractivity contribution in [2.45, 2.75) is 39.5 Å². The Balaban J connectivity index is 1.93. The number of nitrogens with one attached hydrogen (secondary N) is 1. The lowest BCUT2D eigenvalue weighted by Gasteiger charge is -2.28. The molecule has 3 nitrogen and oxygen atoms in total. The summed E-state index contributed by atoms with van der Waals surface area (Å²) in [6.07, 6.45) is 1.45. The largest absolute Gasteiger partial charge is 0.340 e. The van der Waals surface area contributed by atoms with Crippen molar-refractivity contribution in [2.24, 2.45) is 0 Å². The lowest BCUT2D eigenvalue weighted by atomic mass is 9.93. The van der Waals surface area contributed by atoms with Gasteiger partial charge in [-0.05, 0) is 48.9 Å². The van der Waals surface area contributed by atoms with Gasteiger partial charge in [-0.15, -0.1) is 0 Å². The molecule has 0 spiro atoms. The van der Waals surface area contributed by atoms with E-state index in [0.717, 1.165) is 43.2 Å². The van der Waals surface area contributed by atoms with E-state index in [-0.39, 0.29) is 5.91 Å². The third-order valence-electron chi connectivity index (χ3n) is 4.40. The molecule has 1 saturated heterocycles. The standard InChI is InChI=1S/C17H25ClN2O/c1-12(15-10-13(2)14(3)11-16(15)18)4-5-17(21)20-8-6-19-7-9-20/h10-12,19H,4-9H2,1-3H3. The van der Waals surface area contributed by atoms with Crippen LogP contribution >= 0.6 is 11.6 Å². The number of nitrogens with zero attached hydrogens (tertiary/aromatic N) is 1. The maximum atomic E-state index is 12.2. The first kappa shape index (κ1) is 16.3. The van der Waals surface area contributed by atoms with Gasteiger partial charge in [0.15, 0.2) is 0 Å². The van der Waals surface area contributed by atoms with Gasteiger partial charge in [0.2, 0.25) is 5.91 Å². The molecule has 1 aromatic rings. The smallest absolute Gasteiger partial charge is 0.222 e. The molecule has 1 N–H and O–H groups in total. The number of carbonyl (C=O) groups is 1. The van der Waals surface area contributed by atoms with E-state index in [1.807, 2.05) is 11.0 Å². The number of benzene rings is 1. The van der Waals surface area contributed by atoms with Crippen molar-refractivity contribution in [3.8, 4) is 0 Å². The molecule has 1 heterocycles. The highest BCUT2D eigenvalue weighted by Crippen LogP contribution is 2.30. The third kappa shape index (κ3) is 4.21. The molecule has 0 radical (unpaired) electrons. The summed E-state index contributed by atoms with van der Waals surface area (Å²) >= 11 is 6.36. The molecule has 0 saturated carbocycles. The van der Waals surface area contributed by atoms with Crippen molar-refractivity contribution < 1.29 is 4.79 Å². The molecule has 0 bridgehead atoms. The van der Waals surface area contributed by atoms with Crippen LogP contribution < -0.4 is 5.32 Å². The minimum atomic E-state index is 0.267. The summed E-state index contributed by atoms with van der Waals surface area (Å²) in [6, 6.07) is 4.19. The van der Waals surface area contributed by atoms with Gasteiger partial charge in [-0.3, -0.25) is 4.79 Å². The maximum Gasteiger partial charge on any atom is 0.222 e. The van der Waals surface area contributed by atoms with Gasteiger partial charge in [-0.1, -0.05) is 24.6 Å². The summed E-state index contributed by atoms with van der Waals surface area (Å²) in [5.74, 6) is 0.576. The molecule has 1 unspecified atom stereocenters. The zero-order valence-electron chi connectivity index (χ0n) is 13.2. The van der Waals surface area contributed by atoms with Gasteiger partial charge in [-0.2, -0.15) is 0 Å². The molecule has 0 aliphatic carbocycles. The van der Waals surface area contributed by atoms with Gasteiger partial charge in [0.25, 0.3) is 0 Å². The van der Waals surface area contributed by atoms with Gasteiger partial charge >= 0.3 is 0 Å². The second kappa shape index (κ2) is 7.28.